The molecule has 0 saturated heterocycles. The first-order valence-electron chi connectivity index (χ1n) is 3.64. The quantitative estimate of drug-likeness (QED) is 0.752. The molecule has 0 bridgehead atoms. The van der Waals surface area contributed by atoms with Gasteiger partial charge in [0.25, 0.3) is 0 Å². The average molecular weight is 199 g/mol. The summed E-state index contributed by atoms with van der Waals surface area (Å²) in [6.45, 7) is 0. The van der Waals surface area contributed by atoms with Crippen molar-refractivity contribution in [2.24, 2.45) is 5.73 Å². The second-order valence-electron chi connectivity index (χ2n) is 2.61. The van der Waals surface area contributed by atoms with Gasteiger partial charge in [0.2, 0.25) is 5.91 Å². The Bertz CT molecular complexity index is 307. The molecule has 70 valence electrons. The van der Waals surface area contributed by atoms with E-state index in [0.29, 0.717) is 5.56 Å². The number of hydrogen-bond acceptors (Lipinski definition) is 3. The van der Waals surface area contributed by atoms with Gasteiger partial charge in [-0.1, -0.05) is 0 Å². The molecule has 13 heavy (non-hydrogen) atoms. The highest BCUT2D eigenvalue weighted by atomic mass is 32.1. The minimum absolute atomic E-state index is 0.244. The molecule has 1 aromatic heterocycles. The Morgan fingerprint density at radius 1 is 1.62 bits per heavy atom. The lowest BCUT2D eigenvalue weighted by molar-refractivity contribution is -0.139. The Balaban J connectivity index is 2.81. The Morgan fingerprint density at radius 2 is 2.31 bits per heavy atom. The van der Waals surface area contributed by atoms with E-state index in [2.05, 4.69) is 0 Å². The Kier molecular flexibility index (Phi) is 3.02. The minimum Gasteiger partial charge on any atom is -0.481 e. The van der Waals surface area contributed by atoms with Crippen molar-refractivity contribution in [2.75, 3.05) is 0 Å². The molecule has 0 aliphatic rings. The van der Waals surface area contributed by atoms with Gasteiger partial charge in [0.1, 0.15) is 0 Å². The summed E-state index contributed by atoms with van der Waals surface area (Å²) in [5.74, 6) is -2.32. The summed E-state index contributed by atoms with van der Waals surface area (Å²) >= 11 is 1.41. The molecule has 5 heteroatoms. The number of carbonyl (C=O) groups is 2. The summed E-state index contributed by atoms with van der Waals surface area (Å²) in [6.07, 6.45) is -0.244. The molecule has 0 fully saturated rings. The summed E-state index contributed by atoms with van der Waals surface area (Å²) in [5.41, 5.74) is 5.76. The number of thiophene rings is 1. The van der Waals surface area contributed by atoms with Crippen LogP contribution < -0.4 is 5.73 Å². The molecule has 0 aliphatic heterocycles. The van der Waals surface area contributed by atoms with Gasteiger partial charge in [-0.25, -0.2) is 0 Å². The van der Waals surface area contributed by atoms with Crippen LogP contribution in [0, 0.1) is 0 Å². The van der Waals surface area contributed by atoms with Crippen LogP contribution in [0.4, 0.5) is 0 Å². The molecule has 0 unspecified atom stereocenters. The van der Waals surface area contributed by atoms with Gasteiger partial charge in [0.05, 0.1) is 12.3 Å². The van der Waals surface area contributed by atoms with Crippen LogP contribution in [0.25, 0.3) is 0 Å². The second-order valence-corrected chi connectivity index (χ2v) is 3.39. The molecule has 1 aromatic rings. The summed E-state index contributed by atoms with van der Waals surface area (Å²) < 4.78 is 0. The highest BCUT2D eigenvalue weighted by molar-refractivity contribution is 7.08. The van der Waals surface area contributed by atoms with Crippen LogP contribution in [0.1, 0.15) is 17.9 Å². The van der Waals surface area contributed by atoms with E-state index in [0.717, 1.165) is 0 Å². The molecule has 1 atom stereocenters. The zero-order valence-electron chi connectivity index (χ0n) is 6.77. The number of nitrogens with two attached hydrogens (primary N) is 1. The predicted molar refractivity (Wildman–Crippen MR) is 48.5 cm³/mol. The van der Waals surface area contributed by atoms with E-state index in [1.807, 2.05) is 0 Å². The number of carboxylic acid groups (broad SMARTS) is 1. The number of hydrogen-bond donors (Lipinski definition) is 2. The van der Waals surface area contributed by atoms with Gasteiger partial charge in [0.15, 0.2) is 0 Å². The Labute approximate surface area is 79.0 Å². The van der Waals surface area contributed by atoms with Crippen LogP contribution in [-0.2, 0) is 9.59 Å². The number of aliphatic carboxylic acids is 1. The van der Waals surface area contributed by atoms with E-state index in [4.69, 9.17) is 10.8 Å². The van der Waals surface area contributed by atoms with Gasteiger partial charge in [-0.05, 0) is 22.4 Å². The smallest absolute Gasteiger partial charge is 0.304 e. The molecular formula is C8H9NO3S. The van der Waals surface area contributed by atoms with Crippen molar-refractivity contribution in [3.8, 4) is 0 Å². The van der Waals surface area contributed by atoms with Gasteiger partial charge in [-0.3, -0.25) is 9.59 Å². The van der Waals surface area contributed by atoms with Crippen molar-refractivity contribution in [3.63, 3.8) is 0 Å². The molecule has 1 heterocycles. The van der Waals surface area contributed by atoms with Crippen molar-refractivity contribution in [2.45, 2.75) is 12.3 Å². The van der Waals surface area contributed by atoms with Crippen molar-refractivity contribution < 1.29 is 14.7 Å². The lowest BCUT2D eigenvalue weighted by Crippen LogP contribution is -2.23. The monoisotopic (exact) mass is 199 g/mol. The maximum atomic E-state index is 10.9. The van der Waals surface area contributed by atoms with E-state index in [-0.39, 0.29) is 6.42 Å². The lowest BCUT2D eigenvalue weighted by Gasteiger charge is -2.07. The topological polar surface area (TPSA) is 80.4 Å². The third-order valence-electron chi connectivity index (χ3n) is 1.67. The van der Waals surface area contributed by atoms with Crippen molar-refractivity contribution in [1.29, 1.82) is 0 Å². The Morgan fingerprint density at radius 3 is 2.69 bits per heavy atom. The number of amides is 1. The Hall–Kier alpha value is -1.36. The van der Waals surface area contributed by atoms with E-state index in [1.54, 1.807) is 16.8 Å². The second kappa shape index (κ2) is 4.04. The zero-order chi connectivity index (χ0) is 9.84. The summed E-state index contributed by atoms with van der Waals surface area (Å²) in [6, 6.07) is 1.71. The maximum absolute atomic E-state index is 10.9. The number of carboxylic acids is 1. The average Bonchev–Trinajstić information content (AvgIpc) is 2.50. The molecular weight excluding hydrogens is 190 g/mol. The van der Waals surface area contributed by atoms with Gasteiger partial charge in [-0.15, -0.1) is 0 Å². The van der Waals surface area contributed by atoms with Gasteiger partial charge in [-0.2, -0.15) is 11.3 Å². The molecule has 1 amide bonds. The summed E-state index contributed by atoms with van der Waals surface area (Å²) in [7, 11) is 0. The van der Waals surface area contributed by atoms with Gasteiger partial charge in [0, 0.05) is 0 Å². The summed E-state index contributed by atoms with van der Waals surface area (Å²) in [4.78, 5) is 21.3. The largest absolute Gasteiger partial charge is 0.481 e. The number of primary amides is 1. The van der Waals surface area contributed by atoms with E-state index in [9.17, 15) is 9.59 Å². The van der Waals surface area contributed by atoms with Crippen molar-refractivity contribution in [1.82, 2.24) is 0 Å². The SMILES string of the molecule is NC(=O)[C@H](CC(=O)O)c1ccsc1. The van der Waals surface area contributed by atoms with Crippen LogP contribution >= 0.6 is 11.3 Å². The molecule has 3 N–H and O–H groups in total. The number of rotatable bonds is 4. The van der Waals surface area contributed by atoms with Crippen LogP contribution in [0.15, 0.2) is 16.8 Å². The summed E-state index contributed by atoms with van der Waals surface area (Å²) in [5, 5.41) is 12.0. The molecule has 0 saturated carbocycles. The fourth-order valence-electron chi connectivity index (χ4n) is 1.03. The lowest BCUT2D eigenvalue weighted by atomic mass is 9.98. The maximum Gasteiger partial charge on any atom is 0.304 e. The van der Waals surface area contributed by atoms with E-state index >= 15 is 0 Å². The fourth-order valence-corrected chi connectivity index (χ4v) is 1.74. The van der Waals surface area contributed by atoms with Gasteiger partial charge < -0.3 is 10.8 Å². The minimum atomic E-state index is -1.02. The highest BCUT2D eigenvalue weighted by Crippen LogP contribution is 2.21. The highest BCUT2D eigenvalue weighted by Gasteiger charge is 2.21. The standard InChI is InChI=1S/C8H9NO3S/c9-8(12)6(3-7(10)11)5-1-2-13-4-5/h1-2,4,6H,3H2,(H2,9,12)(H,10,11)/t6-/m1/s1. The van der Waals surface area contributed by atoms with Gasteiger partial charge >= 0.3 is 5.97 Å². The third kappa shape index (κ3) is 2.55. The molecule has 4 nitrogen and oxygen atoms in total. The van der Waals surface area contributed by atoms with Crippen LogP contribution in [0.5, 0.6) is 0 Å². The normalized spacial score (nSPS) is 12.3. The first-order valence-corrected chi connectivity index (χ1v) is 4.58. The molecule has 0 aliphatic carbocycles. The van der Waals surface area contributed by atoms with Crippen LogP contribution in [0.3, 0.4) is 0 Å². The van der Waals surface area contributed by atoms with E-state index < -0.39 is 17.8 Å². The third-order valence-corrected chi connectivity index (χ3v) is 2.37. The van der Waals surface area contributed by atoms with Crippen molar-refractivity contribution >= 4 is 23.2 Å². The van der Waals surface area contributed by atoms with Crippen LogP contribution in [0.2, 0.25) is 0 Å². The van der Waals surface area contributed by atoms with Crippen molar-refractivity contribution in [3.05, 3.63) is 22.4 Å². The zero-order valence-corrected chi connectivity index (χ0v) is 7.58. The predicted octanol–water partition coefficient (Wildman–Crippen LogP) is 0.792. The first-order chi connectivity index (χ1) is 6.11. The van der Waals surface area contributed by atoms with E-state index in [1.165, 1.54) is 11.3 Å². The molecule has 0 spiro atoms. The first kappa shape index (κ1) is 9.73. The molecule has 1 rings (SSSR count). The number of carbonyl (C=O) groups excluding carboxylic acids is 1. The van der Waals surface area contributed by atoms with Crippen LogP contribution in [-0.4, -0.2) is 17.0 Å². The fraction of sp³-hybridized carbons (Fsp3) is 0.250. The molecule has 0 radical (unpaired) electrons. The molecule has 0 aromatic carbocycles.